The number of rotatable bonds is 5. The van der Waals surface area contributed by atoms with Gasteiger partial charge in [-0.1, -0.05) is 44.2 Å². The van der Waals surface area contributed by atoms with Crippen LogP contribution in [-0.4, -0.2) is 24.1 Å². The third-order valence-corrected chi connectivity index (χ3v) is 6.30. The lowest BCUT2D eigenvalue weighted by Gasteiger charge is -2.13. The number of hydrogen-bond donors (Lipinski definition) is 0. The first-order valence-electron chi connectivity index (χ1n) is 11.5. The number of hydrogen-bond acceptors (Lipinski definition) is 3. The van der Waals surface area contributed by atoms with E-state index in [2.05, 4.69) is 66.9 Å². The average molecular weight is 432 g/mol. The van der Waals surface area contributed by atoms with Crippen molar-refractivity contribution in [1.82, 2.24) is 24.1 Å². The quantitative estimate of drug-likeness (QED) is 0.309. The molecule has 0 atom stereocenters. The van der Waals surface area contributed by atoms with Gasteiger partial charge in [0.05, 0.1) is 28.1 Å². The summed E-state index contributed by atoms with van der Waals surface area (Å²) in [6, 6.07) is 23.0. The Bertz CT molecular complexity index is 1590. The van der Waals surface area contributed by atoms with Gasteiger partial charge < -0.3 is 0 Å². The molecule has 6 rings (SSSR count). The van der Waals surface area contributed by atoms with E-state index in [0.29, 0.717) is 5.92 Å². The second-order valence-electron chi connectivity index (χ2n) is 8.81. The molecule has 162 valence electrons. The first-order valence-corrected chi connectivity index (χ1v) is 11.5. The lowest BCUT2D eigenvalue weighted by Crippen LogP contribution is -1.97. The number of aromatic nitrogens is 5. The molecule has 0 aliphatic heterocycles. The molecule has 5 heteroatoms. The molecule has 0 fully saturated rings. The van der Waals surface area contributed by atoms with Crippen LogP contribution in [0.15, 0.2) is 85.3 Å². The molecule has 0 bridgehead atoms. The van der Waals surface area contributed by atoms with E-state index in [1.54, 1.807) is 0 Å². The molecule has 0 N–H and O–H groups in total. The molecular weight excluding hydrogens is 406 g/mol. The van der Waals surface area contributed by atoms with E-state index in [0.717, 1.165) is 52.0 Å². The predicted octanol–water partition coefficient (Wildman–Crippen LogP) is 6.13. The molecule has 0 unspecified atom stereocenters. The zero-order valence-corrected chi connectivity index (χ0v) is 18.8. The minimum absolute atomic E-state index is 0.416. The van der Waals surface area contributed by atoms with Crippen molar-refractivity contribution in [3.05, 3.63) is 102 Å². The minimum atomic E-state index is 0.416. The van der Waals surface area contributed by atoms with Gasteiger partial charge in [-0.3, -0.25) is 9.38 Å². The van der Waals surface area contributed by atoms with E-state index in [9.17, 15) is 0 Å². The molecule has 4 heterocycles. The maximum absolute atomic E-state index is 5.03. The van der Waals surface area contributed by atoms with Crippen LogP contribution in [0, 0.1) is 0 Å². The highest BCUT2D eigenvalue weighted by atomic mass is 15.3. The van der Waals surface area contributed by atoms with Crippen molar-refractivity contribution in [2.24, 2.45) is 0 Å². The van der Waals surface area contributed by atoms with Crippen molar-refractivity contribution in [2.45, 2.75) is 32.6 Å². The Morgan fingerprint density at radius 2 is 1.70 bits per heavy atom. The molecule has 6 aromatic rings. The summed E-state index contributed by atoms with van der Waals surface area (Å²) in [6.07, 6.45) is 7.76. The van der Waals surface area contributed by atoms with E-state index in [1.165, 1.54) is 10.9 Å². The summed E-state index contributed by atoms with van der Waals surface area (Å²) in [5, 5.41) is 7.07. The highest BCUT2D eigenvalue weighted by Gasteiger charge is 2.16. The lowest BCUT2D eigenvalue weighted by molar-refractivity contribution is 0.811. The summed E-state index contributed by atoms with van der Waals surface area (Å²) >= 11 is 0. The lowest BCUT2D eigenvalue weighted by atomic mass is 9.96. The van der Waals surface area contributed by atoms with Crippen LogP contribution in [0.2, 0.25) is 0 Å². The Morgan fingerprint density at radius 3 is 2.55 bits per heavy atom. The third kappa shape index (κ3) is 3.37. The third-order valence-electron chi connectivity index (χ3n) is 6.30. The zero-order valence-electron chi connectivity index (χ0n) is 18.8. The highest BCUT2D eigenvalue weighted by Crippen LogP contribution is 2.33. The standard InChI is InChI=1S/C28H25N5/c1-19(2)23-10-6-12-25-26(23)27-24(11-7-16-29-27)28-30-21(18-32(25)28)14-13-20-15-17-33(31-20)22-8-4-3-5-9-22/h3-12,15-19H,13-14H2,1-2H3. The summed E-state index contributed by atoms with van der Waals surface area (Å²) in [5.41, 5.74) is 7.68. The molecule has 5 nitrogen and oxygen atoms in total. The fourth-order valence-electron chi connectivity index (χ4n) is 4.68. The van der Waals surface area contributed by atoms with Crippen LogP contribution >= 0.6 is 0 Å². The van der Waals surface area contributed by atoms with Gasteiger partial charge in [-0.15, -0.1) is 0 Å². The Hall–Kier alpha value is -3.99. The van der Waals surface area contributed by atoms with Gasteiger partial charge in [-0.2, -0.15) is 5.10 Å². The van der Waals surface area contributed by atoms with Crippen molar-refractivity contribution < 1.29 is 0 Å². The van der Waals surface area contributed by atoms with Crippen molar-refractivity contribution in [3.63, 3.8) is 0 Å². The number of nitrogens with zero attached hydrogens (tertiary/aromatic N) is 5. The summed E-state index contributed by atoms with van der Waals surface area (Å²) in [5.74, 6) is 0.416. The van der Waals surface area contributed by atoms with Gasteiger partial charge in [0.25, 0.3) is 0 Å². The molecule has 4 aromatic heterocycles. The van der Waals surface area contributed by atoms with E-state index < -0.39 is 0 Å². The van der Waals surface area contributed by atoms with Crippen LogP contribution < -0.4 is 0 Å². The number of benzene rings is 2. The van der Waals surface area contributed by atoms with Crippen LogP contribution in [0.25, 0.3) is 33.1 Å². The fourth-order valence-corrected chi connectivity index (χ4v) is 4.68. The van der Waals surface area contributed by atoms with E-state index >= 15 is 0 Å². The van der Waals surface area contributed by atoms with Crippen molar-refractivity contribution >= 4 is 27.5 Å². The van der Waals surface area contributed by atoms with Crippen LogP contribution in [0.5, 0.6) is 0 Å². The monoisotopic (exact) mass is 431 g/mol. The predicted molar refractivity (Wildman–Crippen MR) is 133 cm³/mol. The Balaban J connectivity index is 1.40. The zero-order chi connectivity index (χ0) is 22.4. The SMILES string of the molecule is CC(C)c1cccc2c1c1ncccc1c1nc(CCc3ccn(-c4ccccc4)n3)cn21. The normalized spacial score (nSPS) is 11.8. The first kappa shape index (κ1) is 19.7. The number of pyridine rings is 2. The van der Waals surface area contributed by atoms with Gasteiger partial charge in [-0.25, -0.2) is 9.67 Å². The van der Waals surface area contributed by atoms with Crippen LogP contribution in [0.4, 0.5) is 0 Å². The summed E-state index contributed by atoms with van der Waals surface area (Å²) in [6.45, 7) is 4.48. The fraction of sp³-hybridized carbons (Fsp3) is 0.179. The van der Waals surface area contributed by atoms with E-state index in [1.807, 2.05) is 41.3 Å². The molecule has 0 amide bonds. The molecule has 0 saturated carbocycles. The van der Waals surface area contributed by atoms with Crippen molar-refractivity contribution in [3.8, 4) is 5.69 Å². The van der Waals surface area contributed by atoms with Gasteiger partial charge in [0.2, 0.25) is 0 Å². The summed E-state index contributed by atoms with van der Waals surface area (Å²) in [4.78, 5) is 9.80. The minimum Gasteiger partial charge on any atom is -0.299 e. The summed E-state index contributed by atoms with van der Waals surface area (Å²) < 4.78 is 4.17. The van der Waals surface area contributed by atoms with Gasteiger partial charge in [0.15, 0.2) is 0 Å². The van der Waals surface area contributed by atoms with Crippen LogP contribution in [-0.2, 0) is 12.8 Å². The van der Waals surface area contributed by atoms with Gasteiger partial charge in [-0.05, 0) is 60.7 Å². The number of aryl methyl sites for hydroxylation is 2. The van der Waals surface area contributed by atoms with Crippen LogP contribution in [0.3, 0.4) is 0 Å². The smallest absolute Gasteiger partial charge is 0.147 e. The second-order valence-corrected chi connectivity index (χ2v) is 8.81. The molecule has 0 aliphatic carbocycles. The molecule has 0 aliphatic rings. The van der Waals surface area contributed by atoms with Gasteiger partial charge in [0.1, 0.15) is 5.65 Å². The molecule has 33 heavy (non-hydrogen) atoms. The maximum Gasteiger partial charge on any atom is 0.147 e. The number of imidazole rings is 1. The molecular formula is C28H25N5. The molecule has 2 aromatic carbocycles. The van der Waals surface area contributed by atoms with Crippen molar-refractivity contribution in [2.75, 3.05) is 0 Å². The Kier molecular flexibility index (Phi) is 4.68. The van der Waals surface area contributed by atoms with Gasteiger partial charge >= 0.3 is 0 Å². The van der Waals surface area contributed by atoms with E-state index in [-0.39, 0.29) is 0 Å². The Labute approximate surface area is 192 Å². The molecule has 0 radical (unpaired) electrons. The molecule has 0 saturated heterocycles. The Morgan fingerprint density at radius 1 is 0.848 bits per heavy atom. The van der Waals surface area contributed by atoms with E-state index in [4.69, 9.17) is 15.1 Å². The molecule has 0 spiro atoms. The van der Waals surface area contributed by atoms with Gasteiger partial charge in [0, 0.05) is 29.4 Å². The summed E-state index contributed by atoms with van der Waals surface area (Å²) in [7, 11) is 0. The van der Waals surface area contributed by atoms with Crippen molar-refractivity contribution in [1.29, 1.82) is 0 Å². The average Bonchev–Trinajstić information content (AvgIpc) is 3.50. The largest absolute Gasteiger partial charge is 0.299 e. The number of para-hydroxylation sites is 1. The second kappa shape index (κ2) is 7.85. The van der Waals surface area contributed by atoms with Crippen LogP contribution in [0.1, 0.15) is 36.7 Å². The topological polar surface area (TPSA) is 48.0 Å². The maximum atomic E-state index is 5.03. The first-order chi connectivity index (χ1) is 16.2. The number of fused-ring (bicyclic) bond motifs is 6. The highest BCUT2D eigenvalue weighted by molar-refractivity contribution is 6.11.